The molecule has 2 amide bonds. The van der Waals surface area contributed by atoms with Crippen LogP contribution in [0.15, 0.2) is 29.2 Å². The van der Waals surface area contributed by atoms with Gasteiger partial charge in [0.1, 0.15) is 0 Å². The standard InChI is InChI=1S/C18H27N3O2S.ClH/c1-12(2)20-17(22)11-24-16-7-5-4-6-15(16)18(23)21-14-8-9-19-13(3)10-14;/h4-7,12-14,19H,8-11H2,1-3H3,(H,20,22)(H,21,23);1H. The van der Waals surface area contributed by atoms with E-state index in [0.717, 1.165) is 24.3 Å². The van der Waals surface area contributed by atoms with Crippen LogP contribution in [0.4, 0.5) is 0 Å². The van der Waals surface area contributed by atoms with Crippen molar-refractivity contribution in [1.29, 1.82) is 0 Å². The van der Waals surface area contributed by atoms with Crippen molar-refractivity contribution < 1.29 is 9.59 Å². The zero-order valence-corrected chi connectivity index (χ0v) is 16.6. The summed E-state index contributed by atoms with van der Waals surface area (Å²) in [6.45, 7) is 6.93. The third-order valence-electron chi connectivity index (χ3n) is 3.90. The van der Waals surface area contributed by atoms with Gasteiger partial charge >= 0.3 is 0 Å². The minimum atomic E-state index is -0.0542. The van der Waals surface area contributed by atoms with Crippen LogP contribution in [0.3, 0.4) is 0 Å². The van der Waals surface area contributed by atoms with Crippen molar-refractivity contribution in [3.63, 3.8) is 0 Å². The summed E-state index contributed by atoms with van der Waals surface area (Å²) in [6.07, 6.45) is 1.89. The van der Waals surface area contributed by atoms with Crippen molar-refractivity contribution in [2.75, 3.05) is 12.3 Å². The van der Waals surface area contributed by atoms with Crippen LogP contribution in [0, 0.1) is 0 Å². The van der Waals surface area contributed by atoms with E-state index in [2.05, 4.69) is 22.9 Å². The van der Waals surface area contributed by atoms with E-state index in [1.807, 2.05) is 38.1 Å². The van der Waals surface area contributed by atoms with Crippen molar-refractivity contribution >= 4 is 36.0 Å². The predicted molar refractivity (Wildman–Crippen MR) is 106 cm³/mol. The second-order valence-corrected chi connectivity index (χ2v) is 7.57. The average Bonchev–Trinajstić information content (AvgIpc) is 2.52. The topological polar surface area (TPSA) is 70.2 Å². The van der Waals surface area contributed by atoms with Gasteiger partial charge in [-0.25, -0.2) is 0 Å². The van der Waals surface area contributed by atoms with Gasteiger partial charge in [0.2, 0.25) is 5.91 Å². The highest BCUT2D eigenvalue weighted by atomic mass is 35.5. The first kappa shape index (κ1) is 21.8. The van der Waals surface area contributed by atoms with E-state index in [9.17, 15) is 9.59 Å². The number of carbonyl (C=O) groups excluding carboxylic acids is 2. The Labute approximate surface area is 160 Å². The van der Waals surface area contributed by atoms with Gasteiger partial charge in [-0.3, -0.25) is 9.59 Å². The maximum absolute atomic E-state index is 12.6. The van der Waals surface area contributed by atoms with Crippen molar-refractivity contribution in [3.05, 3.63) is 29.8 Å². The molecule has 140 valence electrons. The van der Waals surface area contributed by atoms with Gasteiger partial charge in [-0.2, -0.15) is 0 Å². The largest absolute Gasteiger partial charge is 0.353 e. The van der Waals surface area contributed by atoms with Gasteiger partial charge in [0.05, 0.1) is 11.3 Å². The number of thioether (sulfide) groups is 1. The summed E-state index contributed by atoms with van der Waals surface area (Å²) in [7, 11) is 0. The number of amides is 2. The third-order valence-corrected chi connectivity index (χ3v) is 4.97. The molecule has 1 saturated heterocycles. The Morgan fingerprint density at radius 2 is 2.04 bits per heavy atom. The normalized spacial score (nSPS) is 19.8. The number of piperidine rings is 1. The molecular weight excluding hydrogens is 358 g/mol. The number of carbonyl (C=O) groups is 2. The first-order chi connectivity index (χ1) is 11.5. The monoisotopic (exact) mass is 385 g/mol. The lowest BCUT2D eigenvalue weighted by Crippen LogP contribution is -2.46. The average molecular weight is 386 g/mol. The number of nitrogens with one attached hydrogen (secondary N) is 3. The molecule has 5 nitrogen and oxygen atoms in total. The van der Waals surface area contributed by atoms with Crippen molar-refractivity contribution in [3.8, 4) is 0 Å². The lowest BCUT2D eigenvalue weighted by Gasteiger charge is -2.28. The van der Waals surface area contributed by atoms with Gasteiger partial charge in [-0.1, -0.05) is 12.1 Å². The zero-order chi connectivity index (χ0) is 17.5. The van der Waals surface area contributed by atoms with Crippen molar-refractivity contribution in [2.24, 2.45) is 0 Å². The molecule has 0 aromatic heterocycles. The fraction of sp³-hybridized carbons (Fsp3) is 0.556. The van der Waals surface area contributed by atoms with E-state index < -0.39 is 0 Å². The molecule has 0 radical (unpaired) electrons. The van der Waals surface area contributed by atoms with Crippen LogP contribution in [0.5, 0.6) is 0 Å². The molecule has 25 heavy (non-hydrogen) atoms. The minimum Gasteiger partial charge on any atom is -0.353 e. The highest BCUT2D eigenvalue weighted by molar-refractivity contribution is 8.00. The number of hydrogen-bond donors (Lipinski definition) is 3. The zero-order valence-electron chi connectivity index (χ0n) is 15.0. The van der Waals surface area contributed by atoms with Crippen molar-refractivity contribution in [1.82, 2.24) is 16.0 Å². The molecule has 0 aliphatic carbocycles. The Hall–Kier alpha value is -1.24. The Kier molecular flexibility index (Phi) is 9.32. The summed E-state index contributed by atoms with van der Waals surface area (Å²) >= 11 is 1.40. The highest BCUT2D eigenvalue weighted by Gasteiger charge is 2.21. The van der Waals surface area contributed by atoms with Crippen LogP contribution in [-0.4, -0.2) is 42.2 Å². The summed E-state index contributed by atoms with van der Waals surface area (Å²) in [5.41, 5.74) is 0.644. The van der Waals surface area contributed by atoms with Gasteiger partial charge in [0.15, 0.2) is 0 Å². The second kappa shape index (κ2) is 10.7. The third kappa shape index (κ3) is 7.26. The summed E-state index contributed by atoms with van der Waals surface area (Å²) in [5.74, 6) is 0.242. The van der Waals surface area contributed by atoms with E-state index in [0.29, 0.717) is 17.4 Å². The summed E-state index contributed by atoms with van der Waals surface area (Å²) in [6, 6.07) is 8.23. The van der Waals surface area contributed by atoms with Gasteiger partial charge < -0.3 is 16.0 Å². The molecule has 0 spiro atoms. The fourth-order valence-electron chi connectivity index (χ4n) is 2.81. The van der Waals surface area contributed by atoms with Crippen molar-refractivity contribution in [2.45, 2.75) is 56.6 Å². The molecule has 1 aliphatic heterocycles. The van der Waals surface area contributed by atoms with Gasteiger partial charge in [-0.05, 0) is 52.3 Å². The Morgan fingerprint density at radius 1 is 1.32 bits per heavy atom. The maximum Gasteiger partial charge on any atom is 0.252 e. The molecule has 2 atom stereocenters. The molecule has 2 unspecified atom stereocenters. The molecule has 2 rings (SSSR count). The Morgan fingerprint density at radius 3 is 2.72 bits per heavy atom. The first-order valence-electron chi connectivity index (χ1n) is 8.51. The molecule has 0 saturated carbocycles. The maximum atomic E-state index is 12.6. The summed E-state index contributed by atoms with van der Waals surface area (Å²) in [4.78, 5) is 25.3. The van der Waals surface area contributed by atoms with E-state index in [1.54, 1.807) is 0 Å². The summed E-state index contributed by atoms with van der Waals surface area (Å²) in [5, 5.41) is 9.38. The summed E-state index contributed by atoms with van der Waals surface area (Å²) < 4.78 is 0. The molecule has 7 heteroatoms. The molecule has 1 aliphatic rings. The van der Waals surface area contributed by atoms with Gasteiger partial charge in [0.25, 0.3) is 5.91 Å². The molecule has 1 fully saturated rings. The fourth-order valence-corrected chi connectivity index (χ4v) is 3.67. The Balaban J connectivity index is 0.00000312. The highest BCUT2D eigenvalue weighted by Crippen LogP contribution is 2.23. The van der Waals surface area contributed by atoms with E-state index in [4.69, 9.17) is 0 Å². The van der Waals surface area contributed by atoms with Crippen LogP contribution >= 0.6 is 24.2 Å². The lowest BCUT2D eigenvalue weighted by atomic mass is 10.0. The van der Waals surface area contributed by atoms with Crippen LogP contribution in [-0.2, 0) is 4.79 Å². The molecule has 1 aromatic rings. The van der Waals surface area contributed by atoms with Gasteiger partial charge in [-0.15, -0.1) is 24.2 Å². The van der Waals surface area contributed by atoms with E-state index in [-0.39, 0.29) is 36.3 Å². The van der Waals surface area contributed by atoms with Crippen LogP contribution in [0.1, 0.15) is 44.0 Å². The van der Waals surface area contributed by atoms with Gasteiger partial charge in [0, 0.05) is 23.0 Å². The molecule has 1 aromatic carbocycles. The quantitative estimate of drug-likeness (QED) is 0.658. The molecule has 0 bridgehead atoms. The lowest BCUT2D eigenvalue weighted by molar-refractivity contribution is -0.119. The second-order valence-electron chi connectivity index (χ2n) is 6.56. The van der Waals surface area contributed by atoms with E-state index >= 15 is 0 Å². The number of benzene rings is 1. The van der Waals surface area contributed by atoms with Crippen LogP contribution < -0.4 is 16.0 Å². The van der Waals surface area contributed by atoms with Crippen LogP contribution in [0.25, 0.3) is 0 Å². The smallest absolute Gasteiger partial charge is 0.252 e. The Bertz CT molecular complexity index is 583. The first-order valence-corrected chi connectivity index (χ1v) is 9.49. The van der Waals surface area contributed by atoms with Crippen LogP contribution in [0.2, 0.25) is 0 Å². The number of rotatable bonds is 6. The molecular formula is C18H28ClN3O2S. The van der Waals surface area contributed by atoms with E-state index in [1.165, 1.54) is 11.8 Å². The number of halogens is 1. The molecule has 1 heterocycles. The minimum absolute atomic E-state index is 0. The predicted octanol–water partition coefficient (Wildman–Crippen LogP) is 2.60. The SMILES string of the molecule is CC(C)NC(=O)CSc1ccccc1C(=O)NC1CCNC(C)C1.Cl. The molecule has 3 N–H and O–H groups in total. The number of hydrogen-bond acceptors (Lipinski definition) is 4.